The Hall–Kier alpha value is -2.67. The summed E-state index contributed by atoms with van der Waals surface area (Å²) in [6.07, 6.45) is 0. The molecule has 0 aliphatic carbocycles. The van der Waals surface area contributed by atoms with Crippen LogP contribution in [0.25, 0.3) is 0 Å². The number of benzene rings is 1. The molecule has 1 amide bonds. The Kier molecular flexibility index (Phi) is 4.57. The third-order valence-corrected chi connectivity index (χ3v) is 3.11. The molecular formula is C15H19N5O2. The predicted octanol–water partition coefficient (Wildman–Crippen LogP) is 1.17. The minimum atomic E-state index is -0.475. The summed E-state index contributed by atoms with van der Waals surface area (Å²) in [7, 11) is 0. The smallest absolute Gasteiger partial charge is 0.269 e. The number of nitrogens with two attached hydrogens (primary N) is 2. The molecule has 0 spiro atoms. The van der Waals surface area contributed by atoms with Crippen molar-refractivity contribution in [2.24, 2.45) is 5.84 Å². The van der Waals surface area contributed by atoms with E-state index < -0.39 is 5.91 Å². The molecule has 0 fully saturated rings. The Balaban J connectivity index is 2.30. The highest BCUT2D eigenvalue weighted by Crippen LogP contribution is 2.19. The number of carbonyl (C=O) groups is 1. The molecule has 22 heavy (non-hydrogen) atoms. The molecule has 0 saturated heterocycles. The molecule has 1 aromatic heterocycles. The van der Waals surface area contributed by atoms with E-state index in [4.69, 9.17) is 16.3 Å². The van der Waals surface area contributed by atoms with E-state index in [1.54, 1.807) is 6.92 Å². The van der Waals surface area contributed by atoms with Gasteiger partial charge in [-0.1, -0.05) is 6.07 Å². The van der Waals surface area contributed by atoms with Crippen LogP contribution in [-0.4, -0.2) is 15.9 Å². The lowest BCUT2D eigenvalue weighted by Gasteiger charge is -2.12. The number of ether oxygens (including phenoxy) is 1. The number of hydrazine groups is 1. The molecule has 0 radical (unpaired) electrons. The molecule has 0 unspecified atom stereocenters. The summed E-state index contributed by atoms with van der Waals surface area (Å²) in [4.78, 5) is 19.9. The van der Waals surface area contributed by atoms with Crippen LogP contribution >= 0.6 is 0 Å². The van der Waals surface area contributed by atoms with Gasteiger partial charge in [0.25, 0.3) is 5.91 Å². The molecule has 0 bridgehead atoms. The van der Waals surface area contributed by atoms with E-state index in [1.807, 2.05) is 32.0 Å². The van der Waals surface area contributed by atoms with Gasteiger partial charge in [-0.15, -0.1) is 0 Å². The zero-order chi connectivity index (χ0) is 16.3. The maximum atomic E-state index is 11.9. The van der Waals surface area contributed by atoms with Crippen molar-refractivity contribution in [1.82, 2.24) is 15.4 Å². The summed E-state index contributed by atoms with van der Waals surface area (Å²) >= 11 is 0. The molecule has 0 saturated carbocycles. The van der Waals surface area contributed by atoms with Crippen molar-refractivity contribution in [3.63, 3.8) is 0 Å². The first kappa shape index (κ1) is 15.7. The SMILES string of the molecule is Cc1cc(C)cc(OCc2nc(N)nc(C)c2C(=O)NN)c1. The summed E-state index contributed by atoms with van der Waals surface area (Å²) < 4.78 is 5.73. The number of aromatic nitrogens is 2. The predicted molar refractivity (Wildman–Crippen MR) is 83.1 cm³/mol. The molecule has 1 heterocycles. The zero-order valence-corrected chi connectivity index (χ0v) is 12.8. The second kappa shape index (κ2) is 6.40. The van der Waals surface area contributed by atoms with Crippen LogP contribution < -0.4 is 21.7 Å². The molecule has 2 rings (SSSR count). The number of aryl methyl sites for hydroxylation is 3. The van der Waals surface area contributed by atoms with Crippen molar-refractivity contribution < 1.29 is 9.53 Å². The highest BCUT2D eigenvalue weighted by Gasteiger charge is 2.18. The van der Waals surface area contributed by atoms with E-state index >= 15 is 0 Å². The van der Waals surface area contributed by atoms with Crippen LogP contribution in [0.2, 0.25) is 0 Å². The van der Waals surface area contributed by atoms with Crippen LogP contribution in [-0.2, 0) is 6.61 Å². The van der Waals surface area contributed by atoms with Crippen LogP contribution in [0, 0.1) is 20.8 Å². The van der Waals surface area contributed by atoms with Gasteiger partial charge in [0.1, 0.15) is 12.4 Å². The van der Waals surface area contributed by atoms with E-state index in [-0.39, 0.29) is 18.1 Å². The van der Waals surface area contributed by atoms with E-state index in [9.17, 15) is 4.79 Å². The minimum Gasteiger partial charge on any atom is -0.487 e. The fraction of sp³-hybridized carbons (Fsp3) is 0.267. The highest BCUT2D eigenvalue weighted by molar-refractivity contribution is 5.95. The largest absolute Gasteiger partial charge is 0.487 e. The molecule has 7 nitrogen and oxygen atoms in total. The summed E-state index contributed by atoms with van der Waals surface area (Å²) in [6.45, 7) is 5.74. The fourth-order valence-electron chi connectivity index (χ4n) is 2.30. The summed E-state index contributed by atoms with van der Waals surface area (Å²) in [6, 6.07) is 5.87. The molecule has 0 aliphatic heterocycles. The first-order valence-corrected chi connectivity index (χ1v) is 6.75. The number of nitrogen functional groups attached to an aromatic ring is 2. The van der Waals surface area contributed by atoms with E-state index in [1.165, 1.54) is 0 Å². The number of rotatable bonds is 4. The average Bonchev–Trinajstić information content (AvgIpc) is 2.42. The topological polar surface area (TPSA) is 116 Å². The monoisotopic (exact) mass is 301 g/mol. The summed E-state index contributed by atoms with van der Waals surface area (Å²) in [5, 5.41) is 0. The van der Waals surface area contributed by atoms with Gasteiger partial charge in [-0.2, -0.15) is 0 Å². The average molecular weight is 301 g/mol. The molecular weight excluding hydrogens is 282 g/mol. The van der Waals surface area contributed by atoms with Gasteiger partial charge in [-0.05, 0) is 44.0 Å². The van der Waals surface area contributed by atoms with Crippen LogP contribution in [0.15, 0.2) is 18.2 Å². The third kappa shape index (κ3) is 3.50. The Labute approximate surface area is 128 Å². The maximum Gasteiger partial charge on any atom is 0.269 e. The van der Waals surface area contributed by atoms with Crippen LogP contribution in [0.1, 0.15) is 32.9 Å². The number of hydrogen-bond acceptors (Lipinski definition) is 6. The number of anilines is 1. The fourth-order valence-corrected chi connectivity index (χ4v) is 2.30. The molecule has 0 atom stereocenters. The van der Waals surface area contributed by atoms with E-state index in [0.29, 0.717) is 17.1 Å². The van der Waals surface area contributed by atoms with Crippen molar-refractivity contribution in [2.75, 3.05) is 5.73 Å². The van der Waals surface area contributed by atoms with Crippen molar-refractivity contribution in [3.8, 4) is 5.75 Å². The second-order valence-electron chi connectivity index (χ2n) is 5.07. The van der Waals surface area contributed by atoms with Crippen molar-refractivity contribution in [2.45, 2.75) is 27.4 Å². The molecule has 1 aromatic carbocycles. The normalized spacial score (nSPS) is 10.4. The van der Waals surface area contributed by atoms with Crippen LogP contribution in [0.4, 0.5) is 5.95 Å². The lowest BCUT2D eigenvalue weighted by molar-refractivity contribution is 0.0949. The minimum absolute atomic E-state index is 0.0881. The van der Waals surface area contributed by atoms with E-state index in [2.05, 4.69) is 15.4 Å². The van der Waals surface area contributed by atoms with Gasteiger partial charge in [-0.3, -0.25) is 10.2 Å². The number of carbonyl (C=O) groups excluding carboxylic acids is 1. The first-order valence-electron chi connectivity index (χ1n) is 6.75. The second-order valence-corrected chi connectivity index (χ2v) is 5.07. The Morgan fingerprint density at radius 2 is 1.82 bits per heavy atom. The number of amides is 1. The third-order valence-electron chi connectivity index (χ3n) is 3.11. The standard InChI is InChI=1S/C15H19N5O2/c1-8-4-9(2)6-11(5-8)22-7-12-13(14(21)20-17)10(3)18-15(16)19-12/h4-6H,7,17H2,1-3H3,(H,20,21)(H2,16,18,19). The number of nitrogens with zero attached hydrogens (tertiary/aromatic N) is 2. The van der Waals surface area contributed by atoms with Crippen molar-refractivity contribution in [3.05, 3.63) is 46.3 Å². The lowest BCUT2D eigenvalue weighted by Crippen LogP contribution is -2.32. The van der Waals surface area contributed by atoms with Gasteiger partial charge < -0.3 is 10.5 Å². The van der Waals surface area contributed by atoms with Gasteiger partial charge in [0.05, 0.1) is 17.0 Å². The van der Waals surface area contributed by atoms with Gasteiger partial charge in [0.2, 0.25) is 5.95 Å². The zero-order valence-electron chi connectivity index (χ0n) is 12.8. The van der Waals surface area contributed by atoms with Crippen LogP contribution in [0.5, 0.6) is 5.75 Å². The van der Waals surface area contributed by atoms with Gasteiger partial charge >= 0.3 is 0 Å². The van der Waals surface area contributed by atoms with E-state index in [0.717, 1.165) is 11.1 Å². The molecule has 5 N–H and O–H groups in total. The Bertz CT molecular complexity index is 695. The molecule has 0 aliphatic rings. The van der Waals surface area contributed by atoms with Gasteiger partial charge in [-0.25, -0.2) is 15.8 Å². The maximum absolute atomic E-state index is 11.9. The summed E-state index contributed by atoms with van der Waals surface area (Å²) in [5.74, 6) is 5.51. The molecule has 2 aromatic rings. The van der Waals surface area contributed by atoms with Gasteiger partial charge in [0.15, 0.2) is 0 Å². The number of hydrogen-bond donors (Lipinski definition) is 3. The Morgan fingerprint density at radius 3 is 2.41 bits per heavy atom. The quantitative estimate of drug-likeness (QED) is 0.443. The summed E-state index contributed by atoms with van der Waals surface area (Å²) in [5.41, 5.74) is 11.0. The number of nitrogens with one attached hydrogen (secondary N) is 1. The molecule has 116 valence electrons. The Morgan fingerprint density at radius 1 is 1.18 bits per heavy atom. The lowest BCUT2D eigenvalue weighted by atomic mass is 10.1. The van der Waals surface area contributed by atoms with Gasteiger partial charge in [0, 0.05) is 0 Å². The van der Waals surface area contributed by atoms with Crippen molar-refractivity contribution >= 4 is 11.9 Å². The first-order chi connectivity index (χ1) is 10.4. The highest BCUT2D eigenvalue weighted by atomic mass is 16.5. The van der Waals surface area contributed by atoms with Crippen LogP contribution in [0.3, 0.4) is 0 Å². The van der Waals surface area contributed by atoms with Crippen molar-refractivity contribution in [1.29, 1.82) is 0 Å². The molecule has 7 heteroatoms.